The van der Waals surface area contributed by atoms with Gasteiger partial charge in [0.15, 0.2) is 0 Å². The van der Waals surface area contributed by atoms with Crippen molar-refractivity contribution >= 4 is 5.69 Å². The molecule has 2 rings (SSSR count). The van der Waals surface area contributed by atoms with Crippen molar-refractivity contribution in [1.82, 2.24) is 0 Å². The zero-order chi connectivity index (χ0) is 11.8. The van der Waals surface area contributed by atoms with Crippen LogP contribution in [0.2, 0.25) is 0 Å². The van der Waals surface area contributed by atoms with E-state index in [9.17, 15) is 10.2 Å². The highest BCUT2D eigenvalue weighted by Gasteiger charge is 2.27. The van der Waals surface area contributed by atoms with E-state index in [-0.39, 0.29) is 5.75 Å². The molecule has 4 heteroatoms. The first-order valence-electron chi connectivity index (χ1n) is 4.97. The molecule has 0 radical (unpaired) electrons. The van der Waals surface area contributed by atoms with Crippen LogP contribution in [0.1, 0.15) is 12.0 Å². The van der Waals surface area contributed by atoms with Crippen LogP contribution in [0.15, 0.2) is 42.1 Å². The van der Waals surface area contributed by atoms with Gasteiger partial charge in [0.05, 0.1) is 5.69 Å². The molecule has 1 aromatic rings. The zero-order valence-corrected chi connectivity index (χ0v) is 8.72. The van der Waals surface area contributed by atoms with E-state index in [0.29, 0.717) is 23.4 Å². The highest BCUT2D eigenvalue weighted by Crippen LogP contribution is 2.34. The summed E-state index contributed by atoms with van der Waals surface area (Å²) in [5, 5.41) is 19.8. The Morgan fingerprint density at radius 2 is 2.00 bits per heavy atom. The second-order valence-corrected chi connectivity index (χ2v) is 3.94. The van der Waals surface area contributed by atoms with Gasteiger partial charge >= 0.3 is 0 Å². The predicted molar refractivity (Wildman–Crippen MR) is 62.4 cm³/mol. The summed E-state index contributed by atoms with van der Waals surface area (Å²) in [5.41, 5.74) is 11.5. The Hall–Kier alpha value is -1.94. The Balaban J connectivity index is 2.38. The largest absolute Gasteiger partial charge is 0.506 e. The number of aromatic hydroxyl groups is 1. The van der Waals surface area contributed by atoms with Crippen LogP contribution in [0.4, 0.5) is 5.69 Å². The molecule has 0 spiro atoms. The minimum atomic E-state index is -1.12. The molecule has 0 aromatic heterocycles. The summed E-state index contributed by atoms with van der Waals surface area (Å²) in [4.78, 5) is 0. The predicted octanol–water partition coefficient (Wildman–Crippen LogP) is 0.965. The van der Waals surface area contributed by atoms with Crippen LogP contribution >= 0.6 is 0 Å². The molecule has 1 aliphatic rings. The van der Waals surface area contributed by atoms with Crippen LogP contribution in [0.5, 0.6) is 5.75 Å². The number of hydrogen-bond donors (Lipinski definition) is 4. The number of phenolic OH excluding ortho intramolecular Hbond substituents is 1. The molecular weight excluding hydrogens is 204 g/mol. The van der Waals surface area contributed by atoms with E-state index in [4.69, 9.17) is 11.5 Å². The molecule has 0 amide bonds. The number of phenols is 1. The number of nitrogen functional groups attached to an aromatic ring is 1. The Morgan fingerprint density at radius 3 is 2.56 bits per heavy atom. The lowest BCUT2D eigenvalue weighted by Crippen LogP contribution is -2.24. The Bertz CT molecular complexity index is 480. The highest BCUT2D eigenvalue weighted by atomic mass is 16.3. The van der Waals surface area contributed by atoms with Crippen molar-refractivity contribution in [2.75, 3.05) is 5.73 Å². The maximum atomic E-state index is 10.3. The second-order valence-electron chi connectivity index (χ2n) is 3.94. The van der Waals surface area contributed by atoms with Crippen LogP contribution in [0.25, 0.3) is 0 Å². The maximum absolute atomic E-state index is 10.3. The number of benzene rings is 1. The molecule has 16 heavy (non-hydrogen) atoms. The summed E-state index contributed by atoms with van der Waals surface area (Å²) >= 11 is 0. The first-order valence-corrected chi connectivity index (χ1v) is 4.97. The van der Waals surface area contributed by atoms with Gasteiger partial charge in [-0.2, -0.15) is 0 Å². The molecule has 1 atom stereocenters. The molecule has 0 saturated carbocycles. The quantitative estimate of drug-likeness (QED) is 0.417. The lowest BCUT2D eigenvalue weighted by Gasteiger charge is -2.26. The van der Waals surface area contributed by atoms with Crippen molar-refractivity contribution in [3.8, 4) is 5.75 Å². The molecule has 0 saturated heterocycles. The minimum Gasteiger partial charge on any atom is -0.506 e. The first kappa shape index (κ1) is 10.6. The van der Waals surface area contributed by atoms with Gasteiger partial charge in [0.2, 0.25) is 0 Å². The van der Waals surface area contributed by atoms with Crippen molar-refractivity contribution < 1.29 is 10.2 Å². The Kier molecular flexibility index (Phi) is 2.36. The normalized spacial score (nSPS) is 24.2. The molecule has 4 nitrogen and oxygen atoms in total. The maximum Gasteiger partial charge on any atom is 0.138 e. The van der Waals surface area contributed by atoms with Gasteiger partial charge in [-0.15, -0.1) is 0 Å². The third-order valence-electron chi connectivity index (χ3n) is 2.73. The van der Waals surface area contributed by atoms with Crippen LogP contribution < -0.4 is 11.5 Å². The average molecular weight is 218 g/mol. The van der Waals surface area contributed by atoms with E-state index in [1.807, 2.05) is 0 Å². The number of allylic oxidation sites excluding steroid dienone is 1. The van der Waals surface area contributed by atoms with E-state index in [0.717, 1.165) is 0 Å². The summed E-state index contributed by atoms with van der Waals surface area (Å²) in [6.45, 7) is 0. The summed E-state index contributed by atoms with van der Waals surface area (Å²) in [7, 11) is 0. The van der Waals surface area contributed by atoms with Gasteiger partial charge in [0.1, 0.15) is 11.4 Å². The summed E-state index contributed by atoms with van der Waals surface area (Å²) in [6.07, 6.45) is 5.40. The van der Waals surface area contributed by atoms with Crippen LogP contribution in [0, 0.1) is 0 Å². The number of nitrogens with two attached hydrogens (primary N) is 2. The fourth-order valence-corrected chi connectivity index (χ4v) is 1.67. The van der Waals surface area contributed by atoms with Gasteiger partial charge in [0, 0.05) is 12.1 Å². The van der Waals surface area contributed by atoms with E-state index < -0.39 is 5.60 Å². The van der Waals surface area contributed by atoms with Crippen molar-refractivity contribution in [2.24, 2.45) is 5.73 Å². The van der Waals surface area contributed by atoms with Gasteiger partial charge in [-0.1, -0.05) is 12.1 Å². The Labute approximate surface area is 93.5 Å². The van der Waals surface area contributed by atoms with Crippen LogP contribution in [-0.2, 0) is 5.60 Å². The molecule has 6 N–H and O–H groups in total. The van der Waals surface area contributed by atoms with E-state index >= 15 is 0 Å². The van der Waals surface area contributed by atoms with Gasteiger partial charge in [0.25, 0.3) is 0 Å². The lowest BCUT2D eigenvalue weighted by molar-refractivity contribution is 0.0909. The smallest absolute Gasteiger partial charge is 0.138 e. The number of rotatable bonds is 1. The Morgan fingerprint density at radius 1 is 1.25 bits per heavy atom. The van der Waals surface area contributed by atoms with Gasteiger partial charge in [-0.25, -0.2) is 0 Å². The van der Waals surface area contributed by atoms with Crippen molar-refractivity contribution in [3.05, 3.63) is 47.7 Å². The lowest BCUT2D eigenvalue weighted by atomic mass is 9.86. The van der Waals surface area contributed by atoms with Crippen molar-refractivity contribution in [3.63, 3.8) is 0 Å². The van der Waals surface area contributed by atoms with Gasteiger partial charge < -0.3 is 21.7 Å². The van der Waals surface area contributed by atoms with Crippen molar-refractivity contribution in [1.29, 1.82) is 0 Å². The molecule has 1 aromatic carbocycles. The molecule has 1 unspecified atom stereocenters. The van der Waals surface area contributed by atoms with Gasteiger partial charge in [-0.3, -0.25) is 0 Å². The third-order valence-corrected chi connectivity index (χ3v) is 2.73. The third kappa shape index (κ3) is 1.75. The minimum absolute atomic E-state index is 0.0261. The summed E-state index contributed by atoms with van der Waals surface area (Å²) in [6, 6.07) is 4.72. The van der Waals surface area contributed by atoms with Gasteiger partial charge in [-0.05, 0) is 29.8 Å². The number of hydrogen-bond acceptors (Lipinski definition) is 4. The summed E-state index contributed by atoms with van der Waals surface area (Å²) in [5.74, 6) is -0.0261. The number of aliphatic hydroxyl groups is 1. The standard InChI is InChI=1S/C12H14N2O2/c13-9-3-5-12(16,6-4-9)8-1-2-10(14)11(15)7-8/h1-5,7,15-16H,6,13-14H2. The first-order chi connectivity index (χ1) is 7.51. The van der Waals surface area contributed by atoms with E-state index in [1.165, 1.54) is 6.07 Å². The van der Waals surface area contributed by atoms with E-state index in [2.05, 4.69) is 0 Å². The molecular formula is C12H14N2O2. The number of anilines is 1. The van der Waals surface area contributed by atoms with Crippen LogP contribution in [0.3, 0.4) is 0 Å². The molecule has 0 aliphatic heterocycles. The molecule has 1 aliphatic carbocycles. The topological polar surface area (TPSA) is 92.5 Å². The molecule has 0 fully saturated rings. The monoisotopic (exact) mass is 218 g/mol. The molecule has 0 heterocycles. The SMILES string of the molecule is NC1=CCC(O)(c2ccc(N)c(O)c2)C=C1. The molecule has 84 valence electrons. The van der Waals surface area contributed by atoms with E-state index in [1.54, 1.807) is 30.4 Å². The fraction of sp³-hybridized carbons (Fsp3) is 0.167. The molecule has 0 bridgehead atoms. The second kappa shape index (κ2) is 3.57. The van der Waals surface area contributed by atoms with Crippen LogP contribution in [-0.4, -0.2) is 10.2 Å². The zero-order valence-electron chi connectivity index (χ0n) is 8.72. The van der Waals surface area contributed by atoms with Crippen molar-refractivity contribution in [2.45, 2.75) is 12.0 Å². The summed E-state index contributed by atoms with van der Waals surface area (Å²) < 4.78 is 0. The average Bonchev–Trinajstić information content (AvgIpc) is 2.26. The highest BCUT2D eigenvalue weighted by molar-refractivity contribution is 5.54. The fourth-order valence-electron chi connectivity index (χ4n) is 1.67.